The Hall–Kier alpha value is -4.88. The number of hydrogen-bond donors (Lipinski definition) is 0. The standard InChI is InChI=1S/C33H21ClN2O5/c34-22-14-15-26-20(17-22)13-16-27-33(31(38)24-11-4-5-12-25(24)32(33)39)28(21-9-6-10-23(18-21)36(40)41)29(35(26)27)30(37)19-7-2-1-3-8-19/h1-18,27-29H/t27-,28-,29+/m0/s1. The molecular formula is C33H21ClN2O5. The van der Waals surface area contributed by atoms with Crippen molar-refractivity contribution >= 4 is 46.4 Å². The molecule has 3 atom stereocenters. The number of Topliss-reactive ketones (excluding diaryl/α,β-unsaturated/α-hetero) is 3. The van der Waals surface area contributed by atoms with E-state index in [-0.39, 0.29) is 22.6 Å². The Morgan fingerprint density at radius 3 is 2.22 bits per heavy atom. The molecule has 0 bridgehead atoms. The molecular weight excluding hydrogens is 540 g/mol. The van der Waals surface area contributed by atoms with Crippen LogP contribution in [-0.2, 0) is 0 Å². The molecule has 200 valence electrons. The average Bonchev–Trinajstić information content (AvgIpc) is 3.43. The monoisotopic (exact) mass is 560 g/mol. The van der Waals surface area contributed by atoms with Gasteiger partial charge in [0.2, 0.25) is 0 Å². The number of anilines is 1. The van der Waals surface area contributed by atoms with E-state index in [1.54, 1.807) is 84.9 Å². The second-order valence-corrected chi connectivity index (χ2v) is 10.9. The van der Waals surface area contributed by atoms with Gasteiger partial charge in [-0.2, -0.15) is 0 Å². The van der Waals surface area contributed by atoms with E-state index >= 15 is 0 Å². The van der Waals surface area contributed by atoms with Crippen LogP contribution in [0, 0.1) is 15.5 Å². The summed E-state index contributed by atoms with van der Waals surface area (Å²) < 4.78 is 0. The maximum absolute atomic E-state index is 14.6. The number of carbonyl (C=O) groups excluding carboxylic acids is 3. The van der Waals surface area contributed by atoms with E-state index < -0.39 is 39.9 Å². The van der Waals surface area contributed by atoms with Crippen LogP contribution in [0.15, 0.2) is 103 Å². The third-order valence-electron chi connectivity index (χ3n) is 8.53. The van der Waals surface area contributed by atoms with Crippen molar-refractivity contribution in [3.05, 3.63) is 146 Å². The fourth-order valence-electron chi connectivity index (χ4n) is 6.93. The van der Waals surface area contributed by atoms with Crippen molar-refractivity contribution in [3.63, 3.8) is 0 Å². The summed E-state index contributed by atoms with van der Waals surface area (Å²) in [6.07, 6.45) is 3.62. The van der Waals surface area contributed by atoms with Gasteiger partial charge in [-0.1, -0.05) is 90.5 Å². The molecule has 8 heteroatoms. The number of halogens is 1. The van der Waals surface area contributed by atoms with Crippen LogP contribution in [0.1, 0.15) is 48.1 Å². The molecule has 0 N–H and O–H groups in total. The Bertz CT molecular complexity index is 1800. The number of nitrogens with zero attached hydrogens (tertiary/aromatic N) is 2. The smallest absolute Gasteiger partial charge is 0.269 e. The Kier molecular flexibility index (Phi) is 5.56. The number of nitro benzene ring substituents is 1. The van der Waals surface area contributed by atoms with Gasteiger partial charge < -0.3 is 4.90 Å². The number of rotatable bonds is 4. The molecule has 1 aliphatic carbocycles. The molecule has 7 rings (SSSR count). The largest absolute Gasteiger partial charge is 0.352 e. The van der Waals surface area contributed by atoms with Gasteiger partial charge in [0.05, 0.1) is 11.0 Å². The molecule has 1 fully saturated rings. The molecule has 2 aliphatic heterocycles. The summed E-state index contributed by atoms with van der Waals surface area (Å²) >= 11 is 6.32. The van der Waals surface area contributed by atoms with Gasteiger partial charge in [-0.3, -0.25) is 24.5 Å². The minimum absolute atomic E-state index is 0.188. The van der Waals surface area contributed by atoms with Crippen molar-refractivity contribution in [1.29, 1.82) is 0 Å². The summed E-state index contributed by atoms with van der Waals surface area (Å²) in [5.41, 5.74) is 0.830. The minimum Gasteiger partial charge on any atom is -0.352 e. The zero-order valence-corrected chi connectivity index (χ0v) is 22.2. The highest BCUT2D eigenvalue weighted by atomic mass is 35.5. The van der Waals surface area contributed by atoms with Crippen LogP contribution in [0.5, 0.6) is 0 Å². The summed E-state index contributed by atoms with van der Waals surface area (Å²) in [5, 5.41) is 12.3. The van der Waals surface area contributed by atoms with Crippen LogP contribution < -0.4 is 4.90 Å². The number of carbonyl (C=O) groups is 3. The first-order valence-electron chi connectivity index (χ1n) is 13.1. The molecule has 1 saturated heterocycles. The van der Waals surface area contributed by atoms with E-state index in [0.717, 1.165) is 5.56 Å². The van der Waals surface area contributed by atoms with E-state index in [9.17, 15) is 24.5 Å². The number of ketones is 3. The quantitative estimate of drug-likeness (QED) is 0.121. The van der Waals surface area contributed by atoms with Gasteiger partial charge in [-0.05, 0) is 29.3 Å². The van der Waals surface area contributed by atoms with E-state index in [1.165, 1.54) is 18.2 Å². The predicted octanol–water partition coefficient (Wildman–Crippen LogP) is 6.56. The Morgan fingerprint density at radius 2 is 1.54 bits per heavy atom. The van der Waals surface area contributed by atoms with Gasteiger partial charge in [0.25, 0.3) is 5.69 Å². The van der Waals surface area contributed by atoms with Crippen LogP contribution >= 0.6 is 11.6 Å². The van der Waals surface area contributed by atoms with Crippen LogP contribution in [0.3, 0.4) is 0 Å². The summed E-state index contributed by atoms with van der Waals surface area (Å²) in [6, 6.07) is 24.7. The van der Waals surface area contributed by atoms with Crippen molar-refractivity contribution in [2.45, 2.75) is 18.0 Å². The Labute approximate surface area is 239 Å². The summed E-state index contributed by atoms with van der Waals surface area (Å²) in [6.45, 7) is 0. The number of nitro groups is 1. The highest BCUT2D eigenvalue weighted by molar-refractivity contribution is 6.32. The van der Waals surface area contributed by atoms with E-state index in [4.69, 9.17) is 11.6 Å². The molecule has 3 aliphatic rings. The van der Waals surface area contributed by atoms with Crippen molar-refractivity contribution in [2.24, 2.45) is 5.41 Å². The molecule has 0 radical (unpaired) electrons. The molecule has 0 saturated carbocycles. The Morgan fingerprint density at radius 1 is 0.854 bits per heavy atom. The molecule has 0 aromatic heterocycles. The zero-order valence-electron chi connectivity index (χ0n) is 21.4. The molecule has 41 heavy (non-hydrogen) atoms. The molecule has 4 aromatic carbocycles. The molecule has 7 nitrogen and oxygen atoms in total. The number of non-ortho nitro benzene ring substituents is 1. The van der Waals surface area contributed by atoms with Crippen molar-refractivity contribution in [2.75, 3.05) is 4.90 Å². The molecule has 0 unspecified atom stereocenters. The Balaban J connectivity index is 1.57. The minimum atomic E-state index is -1.73. The third kappa shape index (κ3) is 3.42. The van der Waals surface area contributed by atoms with Crippen LogP contribution in [0.2, 0.25) is 5.02 Å². The lowest BCUT2D eigenvalue weighted by Crippen LogP contribution is -2.48. The first kappa shape index (κ1) is 25.1. The van der Waals surface area contributed by atoms with Crippen LogP contribution in [-0.4, -0.2) is 34.4 Å². The molecule has 2 heterocycles. The SMILES string of the molecule is O=C(c1ccccc1)[C@H]1[C@H](c2cccc([N+](=O)[O-])c2)C2(C(=O)c3ccccc3C2=O)[C@@H]2C=Cc3cc(Cl)ccc3N21. The molecule has 4 aromatic rings. The normalized spacial score (nSPS) is 21.5. The summed E-state index contributed by atoms with van der Waals surface area (Å²) in [5.74, 6) is -2.11. The highest BCUT2D eigenvalue weighted by Crippen LogP contribution is 2.61. The third-order valence-corrected chi connectivity index (χ3v) is 8.77. The molecule has 1 spiro atoms. The lowest BCUT2D eigenvalue weighted by atomic mass is 9.64. The number of fused-ring (bicyclic) bond motifs is 5. The topological polar surface area (TPSA) is 97.6 Å². The zero-order chi connectivity index (χ0) is 28.5. The second kappa shape index (κ2) is 9.08. The van der Waals surface area contributed by atoms with Gasteiger partial charge in [0, 0.05) is 45.5 Å². The van der Waals surface area contributed by atoms with Gasteiger partial charge in [0.15, 0.2) is 17.3 Å². The lowest BCUT2D eigenvalue weighted by Gasteiger charge is -2.37. The van der Waals surface area contributed by atoms with Crippen molar-refractivity contribution in [1.82, 2.24) is 0 Å². The van der Waals surface area contributed by atoms with Crippen molar-refractivity contribution in [3.8, 4) is 0 Å². The summed E-state index contributed by atoms with van der Waals surface area (Å²) in [4.78, 5) is 57.0. The van der Waals surface area contributed by atoms with Gasteiger partial charge in [0.1, 0.15) is 11.5 Å². The first-order valence-corrected chi connectivity index (χ1v) is 13.5. The van der Waals surface area contributed by atoms with Crippen LogP contribution in [0.25, 0.3) is 6.08 Å². The van der Waals surface area contributed by atoms with E-state index in [2.05, 4.69) is 0 Å². The maximum Gasteiger partial charge on any atom is 0.269 e. The fourth-order valence-corrected chi connectivity index (χ4v) is 7.11. The number of benzene rings is 4. The average molecular weight is 561 g/mol. The summed E-state index contributed by atoms with van der Waals surface area (Å²) in [7, 11) is 0. The first-order chi connectivity index (χ1) is 19.8. The predicted molar refractivity (Wildman–Crippen MR) is 155 cm³/mol. The van der Waals surface area contributed by atoms with E-state index in [1.807, 2.05) is 11.0 Å². The second-order valence-electron chi connectivity index (χ2n) is 10.5. The van der Waals surface area contributed by atoms with Gasteiger partial charge in [-0.15, -0.1) is 0 Å². The lowest BCUT2D eigenvalue weighted by molar-refractivity contribution is -0.384. The van der Waals surface area contributed by atoms with Crippen molar-refractivity contribution < 1.29 is 19.3 Å². The highest BCUT2D eigenvalue weighted by Gasteiger charge is 2.71. The van der Waals surface area contributed by atoms with Gasteiger partial charge >= 0.3 is 0 Å². The van der Waals surface area contributed by atoms with E-state index in [0.29, 0.717) is 21.8 Å². The molecule has 0 amide bonds. The number of hydrogen-bond acceptors (Lipinski definition) is 6. The fraction of sp³-hybridized carbons (Fsp3) is 0.121. The maximum atomic E-state index is 14.6. The van der Waals surface area contributed by atoms with Gasteiger partial charge in [-0.25, -0.2) is 0 Å². The van der Waals surface area contributed by atoms with Crippen LogP contribution in [0.4, 0.5) is 11.4 Å².